The summed E-state index contributed by atoms with van der Waals surface area (Å²) in [7, 11) is 3.27. The Bertz CT molecular complexity index is 559. The van der Waals surface area contributed by atoms with Crippen molar-refractivity contribution in [3.8, 4) is 11.5 Å². The Morgan fingerprint density at radius 3 is 2.56 bits per heavy atom. The maximum Gasteiger partial charge on any atom is 0.258 e. The molecule has 0 bridgehead atoms. The molecule has 0 aliphatic carbocycles. The van der Waals surface area contributed by atoms with Gasteiger partial charge in [0.15, 0.2) is 18.1 Å². The minimum absolute atomic E-state index is 0.0687. The molecule has 0 atom stereocenters. The largest absolute Gasteiger partial charge is 0.493 e. The van der Waals surface area contributed by atoms with Gasteiger partial charge in [0.1, 0.15) is 0 Å². The van der Waals surface area contributed by atoms with Crippen LogP contribution < -0.4 is 20.1 Å². The van der Waals surface area contributed by atoms with E-state index in [0.29, 0.717) is 24.7 Å². The van der Waals surface area contributed by atoms with Gasteiger partial charge in [-0.3, -0.25) is 4.79 Å². The van der Waals surface area contributed by atoms with Gasteiger partial charge in [0.2, 0.25) is 0 Å². The van der Waals surface area contributed by atoms with Crippen LogP contribution in [-0.2, 0) is 16.1 Å². The van der Waals surface area contributed by atoms with E-state index in [9.17, 15) is 4.79 Å². The smallest absolute Gasteiger partial charge is 0.258 e. The molecule has 2 N–H and O–H groups in total. The standard InChI is InChI=1S/C18H29BrN2O4/c1-18(2,3)21-16(22)12-25-17-13(11-20-9-6-10-23-4)14(19)7-8-15(17)24-5/h7-8,20H,6,9-12H2,1-5H3,(H,21,22). The number of carbonyl (C=O) groups is 1. The third kappa shape index (κ3) is 8.07. The number of ether oxygens (including phenoxy) is 3. The zero-order valence-corrected chi connectivity index (χ0v) is 17.3. The number of methoxy groups -OCH3 is 2. The summed E-state index contributed by atoms with van der Waals surface area (Å²) in [6.45, 7) is 7.85. The van der Waals surface area contributed by atoms with Crippen molar-refractivity contribution in [1.82, 2.24) is 10.6 Å². The van der Waals surface area contributed by atoms with Gasteiger partial charge in [-0.2, -0.15) is 0 Å². The van der Waals surface area contributed by atoms with Gasteiger partial charge < -0.3 is 24.8 Å². The third-order valence-corrected chi connectivity index (χ3v) is 4.00. The average Bonchev–Trinajstić information content (AvgIpc) is 2.52. The quantitative estimate of drug-likeness (QED) is 0.573. The van der Waals surface area contributed by atoms with Crippen LogP contribution in [0.1, 0.15) is 32.8 Å². The lowest BCUT2D eigenvalue weighted by molar-refractivity contribution is -0.124. The summed E-state index contributed by atoms with van der Waals surface area (Å²) in [6, 6.07) is 3.72. The molecule has 142 valence electrons. The van der Waals surface area contributed by atoms with E-state index in [0.717, 1.165) is 23.0 Å². The highest BCUT2D eigenvalue weighted by molar-refractivity contribution is 9.10. The zero-order valence-electron chi connectivity index (χ0n) is 15.7. The van der Waals surface area contributed by atoms with Gasteiger partial charge in [0.05, 0.1) is 7.11 Å². The monoisotopic (exact) mass is 416 g/mol. The maximum absolute atomic E-state index is 12.0. The fourth-order valence-electron chi connectivity index (χ4n) is 2.21. The maximum atomic E-state index is 12.0. The molecule has 0 fully saturated rings. The lowest BCUT2D eigenvalue weighted by Gasteiger charge is -2.21. The van der Waals surface area contributed by atoms with Crippen LogP contribution in [0.4, 0.5) is 0 Å². The Hall–Kier alpha value is -1.31. The molecular formula is C18H29BrN2O4. The van der Waals surface area contributed by atoms with Crippen molar-refractivity contribution in [3.05, 3.63) is 22.2 Å². The topological polar surface area (TPSA) is 68.8 Å². The Morgan fingerprint density at radius 1 is 1.24 bits per heavy atom. The lowest BCUT2D eigenvalue weighted by atomic mass is 10.1. The summed E-state index contributed by atoms with van der Waals surface area (Å²) in [4.78, 5) is 12.0. The fourth-order valence-corrected chi connectivity index (χ4v) is 2.67. The summed E-state index contributed by atoms with van der Waals surface area (Å²) in [5.74, 6) is 0.995. The Morgan fingerprint density at radius 2 is 1.96 bits per heavy atom. The van der Waals surface area contributed by atoms with E-state index in [2.05, 4.69) is 26.6 Å². The minimum Gasteiger partial charge on any atom is -0.493 e. The molecule has 1 amide bonds. The van der Waals surface area contributed by atoms with Crippen molar-refractivity contribution in [1.29, 1.82) is 0 Å². The van der Waals surface area contributed by atoms with Crippen molar-refractivity contribution < 1.29 is 19.0 Å². The van der Waals surface area contributed by atoms with Crippen LogP contribution in [0.3, 0.4) is 0 Å². The number of hydrogen-bond donors (Lipinski definition) is 2. The highest BCUT2D eigenvalue weighted by Crippen LogP contribution is 2.36. The minimum atomic E-state index is -0.298. The molecule has 6 nitrogen and oxygen atoms in total. The molecule has 1 aromatic rings. The fraction of sp³-hybridized carbons (Fsp3) is 0.611. The second-order valence-electron chi connectivity index (χ2n) is 6.67. The predicted molar refractivity (Wildman–Crippen MR) is 102 cm³/mol. The van der Waals surface area contributed by atoms with E-state index in [4.69, 9.17) is 14.2 Å². The number of amides is 1. The Labute approximate surface area is 158 Å². The van der Waals surface area contributed by atoms with Gasteiger partial charge >= 0.3 is 0 Å². The van der Waals surface area contributed by atoms with Crippen LogP contribution in [0.15, 0.2) is 16.6 Å². The van der Waals surface area contributed by atoms with E-state index in [1.807, 2.05) is 32.9 Å². The molecule has 0 saturated carbocycles. The van der Waals surface area contributed by atoms with E-state index >= 15 is 0 Å². The summed E-state index contributed by atoms with van der Waals surface area (Å²) in [6.07, 6.45) is 0.919. The number of hydrogen-bond acceptors (Lipinski definition) is 5. The number of benzene rings is 1. The Balaban J connectivity index is 2.80. The molecule has 0 saturated heterocycles. The molecule has 0 spiro atoms. The SMILES string of the molecule is COCCCNCc1c(Br)ccc(OC)c1OCC(=O)NC(C)(C)C. The van der Waals surface area contributed by atoms with Crippen LogP contribution in [-0.4, -0.2) is 45.4 Å². The van der Waals surface area contributed by atoms with Crippen molar-refractivity contribution in [3.63, 3.8) is 0 Å². The van der Waals surface area contributed by atoms with Crippen molar-refractivity contribution in [2.24, 2.45) is 0 Å². The van der Waals surface area contributed by atoms with E-state index in [1.165, 1.54) is 0 Å². The first-order valence-electron chi connectivity index (χ1n) is 8.27. The first-order chi connectivity index (χ1) is 11.8. The van der Waals surface area contributed by atoms with E-state index < -0.39 is 0 Å². The average molecular weight is 417 g/mol. The van der Waals surface area contributed by atoms with Gasteiger partial charge in [0.25, 0.3) is 5.91 Å². The first kappa shape index (κ1) is 21.7. The van der Waals surface area contributed by atoms with Crippen LogP contribution in [0.5, 0.6) is 11.5 Å². The van der Waals surface area contributed by atoms with E-state index in [-0.39, 0.29) is 18.1 Å². The van der Waals surface area contributed by atoms with Gasteiger partial charge in [-0.1, -0.05) is 15.9 Å². The van der Waals surface area contributed by atoms with Gasteiger partial charge in [-0.05, 0) is 45.9 Å². The summed E-state index contributed by atoms with van der Waals surface area (Å²) >= 11 is 3.55. The number of nitrogens with one attached hydrogen (secondary N) is 2. The zero-order chi connectivity index (χ0) is 18.9. The molecule has 1 rings (SSSR count). The van der Waals surface area contributed by atoms with Crippen LogP contribution in [0, 0.1) is 0 Å². The summed E-state index contributed by atoms with van der Waals surface area (Å²) < 4.78 is 17.1. The molecule has 0 aliphatic heterocycles. The second kappa shape index (κ2) is 10.6. The first-order valence-corrected chi connectivity index (χ1v) is 9.06. The van der Waals surface area contributed by atoms with Crippen molar-refractivity contribution >= 4 is 21.8 Å². The molecule has 0 aliphatic rings. The predicted octanol–water partition coefficient (Wildman–Crippen LogP) is 2.88. The van der Waals surface area contributed by atoms with Gasteiger partial charge in [-0.15, -0.1) is 0 Å². The van der Waals surface area contributed by atoms with Gasteiger partial charge in [-0.25, -0.2) is 0 Å². The van der Waals surface area contributed by atoms with Crippen molar-refractivity contribution in [2.45, 2.75) is 39.3 Å². The second-order valence-corrected chi connectivity index (χ2v) is 7.52. The molecule has 0 aromatic heterocycles. The molecule has 0 radical (unpaired) electrons. The molecule has 1 aromatic carbocycles. The summed E-state index contributed by atoms with van der Waals surface area (Å²) in [5, 5.41) is 6.23. The number of carbonyl (C=O) groups excluding carboxylic acids is 1. The van der Waals surface area contributed by atoms with Crippen molar-refractivity contribution in [2.75, 3.05) is 34.0 Å². The molecule has 7 heteroatoms. The lowest BCUT2D eigenvalue weighted by Crippen LogP contribution is -2.43. The molecular weight excluding hydrogens is 388 g/mol. The molecule has 0 unspecified atom stereocenters. The normalized spacial score (nSPS) is 11.3. The number of halogens is 1. The van der Waals surface area contributed by atoms with Crippen LogP contribution >= 0.6 is 15.9 Å². The van der Waals surface area contributed by atoms with Gasteiger partial charge in [0, 0.05) is 35.8 Å². The molecule has 0 heterocycles. The van der Waals surface area contributed by atoms with E-state index in [1.54, 1.807) is 14.2 Å². The Kier molecular flexibility index (Phi) is 9.24. The number of rotatable bonds is 10. The van der Waals surface area contributed by atoms with Crippen LogP contribution in [0.25, 0.3) is 0 Å². The van der Waals surface area contributed by atoms with Crippen LogP contribution in [0.2, 0.25) is 0 Å². The summed E-state index contributed by atoms with van der Waals surface area (Å²) in [5.41, 5.74) is 0.619. The highest BCUT2D eigenvalue weighted by atomic mass is 79.9. The highest BCUT2D eigenvalue weighted by Gasteiger charge is 2.18. The molecule has 25 heavy (non-hydrogen) atoms. The third-order valence-electron chi connectivity index (χ3n) is 3.25.